The maximum Gasteiger partial charge on any atom is 0.252 e. The molecule has 1 amide bonds. The largest absolute Gasteiger partial charge is 0.497 e. The molecule has 3 aliphatic rings. The lowest BCUT2D eigenvalue weighted by Gasteiger charge is -2.43. The molecule has 0 aliphatic carbocycles. The quantitative estimate of drug-likeness (QED) is 0.722. The van der Waals surface area contributed by atoms with E-state index in [-0.39, 0.29) is 12.2 Å². The van der Waals surface area contributed by atoms with Crippen molar-refractivity contribution in [3.05, 3.63) is 29.8 Å². The van der Waals surface area contributed by atoms with Gasteiger partial charge in [-0.15, -0.1) is 0 Å². The summed E-state index contributed by atoms with van der Waals surface area (Å²) in [5.41, 5.74) is 3.77. The predicted molar refractivity (Wildman–Crippen MR) is 104 cm³/mol. The van der Waals surface area contributed by atoms with Gasteiger partial charge in [-0.05, 0) is 43.5 Å². The van der Waals surface area contributed by atoms with Crippen LogP contribution in [0, 0.1) is 5.92 Å². The minimum absolute atomic E-state index is 0.204. The van der Waals surface area contributed by atoms with Crippen LogP contribution in [0.3, 0.4) is 0 Å². The van der Waals surface area contributed by atoms with Crippen LogP contribution in [-0.2, 0) is 30.4 Å². The van der Waals surface area contributed by atoms with E-state index in [9.17, 15) is 4.79 Å². The second-order valence-corrected chi connectivity index (χ2v) is 7.79. The molecule has 4 rings (SSSR count). The smallest absolute Gasteiger partial charge is 0.252 e. The molecule has 3 fully saturated rings. The van der Waals surface area contributed by atoms with E-state index in [1.165, 1.54) is 5.56 Å². The molecule has 0 radical (unpaired) electrons. The number of carbonyl (C=O) groups excluding carboxylic acids is 1. The lowest BCUT2D eigenvalue weighted by Crippen LogP contribution is -2.59. The van der Waals surface area contributed by atoms with E-state index < -0.39 is 11.7 Å². The third kappa shape index (κ3) is 4.90. The number of piperidine rings is 1. The van der Waals surface area contributed by atoms with Crippen LogP contribution in [0.4, 0.5) is 0 Å². The average Bonchev–Trinajstić information content (AvgIpc) is 3.21. The van der Waals surface area contributed by atoms with Crippen LogP contribution in [0.25, 0.3) is 0 Å². The zero-order valence-electron chi connectivity index (χ0n) is 16.9. The van der Waals surface area contributed by atoms with E-state index in [0.717, 1.165) is 38.1 Å². The number of carbonyl (C=O) groups is 1. The van der Waals surface area contributed by atoms with Crippen LogP contribution < -0.4 is 10.2 Å². The Bertz CT molecular complexity index is 670. The molecule has 3 saturated heterocycles. The molecule has 2 atom stereocenters. The fourth-order valence-electron chi connectivity index (χ4n) is 4.25. The number of rotatable bonds is 6. The first-order valence-electron chi connectivity index (χ1n) is 10.4. The Morgan fingerprint density at radius 2 is 1.97 bits per heavy atom. The van der Waals surface area contributed by atoms with Gasteiger partial charge in [0.15, 0.2) is 12.1 Å². The topological polar surface area (TPSA) is 78.5 Å². The molecule has 2 unspecified atom stereocenters. The summed E-state index contributed by atoms with van der Waals surface area (Å²) in [6, 6.07) is 8.02. The first kappa shape index (κ1) is 20.6. The SMILES string of the molecule is COc1ccc(CN2CCC(C(=O)NOC3CCCCO3)C3(C2)OCCO3)cc1. The molecule has 8 nitrogen and oxygen atoms in total. The van der Waals surface area contributed by atoms with Crippen molar-refractivity contribution < 1.29 is 28.6 Å². The van der Waals surface area contributed by atoms with Gasteiger partial charge in [0.1, 0.15) is 5.75 Å². The van der Waals surface area contributed by atoms with E-state index in [1.54, 1.807) is 7.11 Å². The number of amides is 1. The lowest BCUT2D eigenvalue weighted by atomic mass is 9.89. The number of hydroxylamine groups is 1. The van der Waals surface area contributed by atoms with E-state index in [2.05, 4.69) is 22.5 Å². The van der Waals surface area contributed by atoms with Gasteiger partial charge in [-0.1, -0.05) is 12.1 Å². The number of benzene rings is 1. The van der Waals surface area contributed by atoms with E-state index in [0.29, 0.717) is 32.8 Å². The molecule has 0 saturated carbocycles. The van der Waals surface area contributed by atoms with Crippen molar-refractivity contribution in [3.63, 3.8) is 0 Å². The van der Waals surface area contributed by atoms with Gasteiger partial charge >= 0.3 is 0 Å². The van der Waals surface area contributed by atoms with Crippen molar-refractivity contribution >= 4 is 5.91 Å². The zero-order valence-corrected chi connectivity index (χ0v) is 16.9. The molecule has 1 aromatic rings. The molecule has 0 bridgehead atoms. The lowest BCUT2D eigenvalue weighted by molar-refractivity contribution is -0.236. The second-order valence-electron chi connectivity index (χ2n) is 7.79. The summed E-state index contributed by atoms with van der Waals surface area (Å²) in [4.78, 5) is 20.6. The molecule has 1 aromatic carbocycles. The van der Waals surface area contributed by atoms with Crippen LogP contribution >= 0.6 is 0 Å². The molecule has 8 heteroatoms. The molecule has 29 heavy (non-hydrogen) atoms. The number of nitrogens with one attached hydrogen (secondary N) is 1. The maximum atomic E-state index is 12.9. The average molecular weight is 406 g/mol. The number of ether oxygens (including phenoxy) is 4. The fraction of sp³-hybridized carbons (Fsp3) is 0.667. The van der Waals surface area contributed by atoms with E-state index >= 15 is 0 Å². The Labute approximate surface area is 171 Å². The number of likely N-dealkylation sites (tertiary alicyclic amines) is 1. The van der Waals surface area contributed by atoms with Crippen molar-refractivity contribution in [2.45, 2.75) is 44.3 Å². The minimum Gasteiger partial charge on any atom is -0.497 e. The van der Waals surface area contributed by atoms with Crippen molar-refractivity contribution in [3.8, 4) is 5.75 Å². The third-order valence-electron chi connectivity index (χ3n) is 5.80. The summed E-state index contributed by atoms with van der Waals surface area (Å²) < 4.78 is 22.7. The molecule has 1 spiro atoms. The highest BCUT2D eigenvalue weighted by Crippen LogP contribution is 2.36. The molecule has 0 aromatic heterocycles. The Kier molecular flexibility index (Phi) is 6.67. The molecule has 160 valence electrons. The van der Waals surface area contributed by atoms with Crippen LogP contribution in [0.2, 0.25) is 0 Å². The molecular weight excluding hydrogens is 376 g/mol. The summed E-state index contributed by atoms with van der Waals surface area (Å²) in [5, 5.41) is 0. The summed E-state index contributed by atoms with van der Waals surface area (Å²) in [6.07, 6.45) is 3.13. The van der Waals surface area contributed by atoms with Crippen LogP contribution in [0.5, 0.6) is 5.75 Å². The standard InChI is InChI=1S/C21H30N2O6/c1-25-17-7-5-16(6-8-17)14-23-10-9-18(21(15-23)27-12-13-28-21)20(24)22-29-19-4-2-3-11-26-19/h5-8,18-19H,2-4,9-15H2,1H3,(H,22,24). The second kappa shape index (κ2) is 9.40. The Hall–Kier alpha value is -1.71. The minimum atomic E-state index is -0.925. The number of nitrogens with zero attached hydrogens (tertiary/aromatic N) is 1. The Morgan fingerprint density at radius 1 is 1.17 bits per heavy atom. The Morgan fingerprint density at radius 3 is 2.66 bits per heavy atom. The molecule has 1 N–H and O–H groups in total. The fourth-order valence-corrected chi connectivity index (χ4v) is 4.25. The zero-order chi connectivity index (χ0) is 20.1. The molecule has 3 heterocycles. The normalized spacial score (nSPS) is 27.1. The van der Waals surface area contributed by atoms with Crippen molar-refractivity contribution in [1.82, 2.24) is 10.4 Å². The van der Waals surface area contributed by atoms with Gasteiger partial charge in [-0.25, -0.2) is 10.3 Å². The van der Waals surface area contributed by atoms with Crippen molar-refractivity contribution in [2.24, 2.45) is 5.92 Å². The van der Waals surface area contributed by atoms with Gasteiger partial charge in [-0.2, -0.15) is 0 Å². The van der Waals surface area contributed by atoms with E-state index in [1.807, 2.05) is 12.1 Å². The highest BCUT2D eigenvalue weighted by molar-refractivity contribution is 5.79. The van der Waals surface area contributed by atoms with E-state index in [4.69, 9.17) is 23.8 Å². The highest BCUT2D eigenvalue weighted by Gasteiger charge is 2.51. The van der Waals surface area contributed by atoms with Crippen molar-refractivity contribution in [1.29, 1.82) is 0 Å². The molecular formula is C21H30N2O6. The van der Waals surface area contributed by atoms with Gasteiger partial charge < -0.3 is 18.9 Å². The summed E-state index contributed by atoms with van der Waals surface area (Å²) >= 11 is 0. The summed E-state index contributed by atoms with van der Waals surface area (Å²) in [7, 11) is 1.66. The maximum absolute atomic E-state index is 12.9. The van der Waals surface area contributed by atoms with Crippen molar-refractivity contribution in [2.75, 3.05) is 40.0 Å². The Balaban J connectivity index is 1.36. The third-order valence-corrected chi connectivity index (χ3v) is 5.80. The van der Waals surface area contributed by atoms with Gasteiger partial charge in [0.25, 0.3) is 5.91 Å². The molecule has 3 aliphatic heterocycles. The summed E-state index contributed by atoms with van der Waals surface area (Å²) in [5.74, 6) is -0.707. The monoisotopic (exact) mass is 406 g/mol. The number of methoxy groups -OCH3 is 1. The summed E-state index contributed by atoms with van der Waals surface area (Å²) in [6.45, 7) is 3.73. The first-order valence-corrected chi connectivity index (χ1v) is 10.4. The highest BCUT2D eigenvalue weighted by atomic mass is 16.8. The van der Waals surface area contributed by atoms with Gasteiger partial charge in [0, 0.05) is 19.6 Å². The first-order chi connectivity index (χ1) is 14.2. The number of hydrogen-bond donors (Lipinski definition) is 1. The van der Waals surface area contributed by atoms with Gasteiger partial charge in [-0.3, -0.25) is 9.69 Å². The predicted octanol–water partition coefficient (Wildman–Crippen LogP) is 1.83. The van der Waals surface area contributed by atoms with Gasteiger partial charge in [0.05, 0.1) is 32.8 Å². The number of hydrogen-bond acceptors (Lipinski definition) is 7. The van der Waals surface area contributed by atoms with Crippen LogP contribution in [0.1, 0.15) is 31.2 Å². The van der Waals surface area contributed by atoms with Gasteiger partial charge in [0.2, 0.25) is 0 Å². The van der Waals surface area contributed by atoms with Crippen LogP contribution in [-0.4, -0.2) is 62.9 Å². The van der Waals surface area contributed by atoms with Crippen LogP contribution in [0.15, 0.2) is 24.3 Å².